The van der Waals surface area contributed by atoms with Crippen LogP contribution in [-0.4, -0.2) is 24.3 Å². The number of rotatable bonds is 7. The minimum atomic E-state index is -0.640. The maximum atomic E-state index is 13.8. The van der Waals surface area contributed by atoms with Crippen molar-refractivity contribution in [3.63, 3.8) is 0 Å². The van der Waals surface area contributed by atoms with E-state index in [9.17, 15) is 9.18 Å². The van der Waals surface area contributed by atoms with E-state index in [0.717, 1.165) is 10.8 Å². The van der Waals surface area contributed by atoms with Gasteiger partial charge in [-0.3, -0.25) is 4.90 Å². The van der Waals surface area contributed by atoms with Gasteiger partial charge in [0.2, 0.25) is 0 Å². The Morgan fingerprint density at radius 1 is 1.33 bits per heavy atom. The Labute approximate surface area is 115 Å². The van der Waals surface area contributed by atoms with Gasteiger partial charge in [-0.05, 0) is 18.2 Å². The lowest BCUT2D eigenvalue weighted by atomic mass is 10.1. The number of carbonyl (C=O) groups is 1. The van der Waals surface area contributed by atoms with Crippen LogP contribution >= 0.6 is 15.9 Å². The van der Waals surface area contributed by atoms with Crippen LogP contribution in [0.4, 0.5) is 4.39 Å². The van der Waals surface area contributed by atoms with Crippen LogP contribution in [0.25, 0.3) is 0 Å². The Balaban J connectivity index is 3.12. The Morgan fingerprint density at radius 2 is 1.94 bits per heavy atom. The molecule has 2 nitrogen and oxygen atoms in total. The molecule has 0 saturated heterocycles. The van der Waals surface area contributed by atoms with Gasteiger partial charge in [0.15, 0.2) is 0 Å². The van der Waals surface area contributed by atoms with E-state index < -0.39 is 11.9 Å². The number of hydrogen-bond acceptors (Lipinski definition) is 2. The van der Waals surface area contributed by atoms with Gasteiger partial charge in [0.1, 0.15) is 12.1 Å². The lowest BCUT2D eigenvalue weighted by molar-refractivity contribution is -0.112. The summed E-state index contributed by atoms with van der Waals surface area (Å²) in [6.45, 7) is 8.25. The predicted octanol–water partition coefficient (Wildman–Crippen LogP) is 3.50. The van der Waals surface area contributed by atoms with Gasteiger partial charge in [-0.25, -0.2) is 4.39 Å². The molecule has 0 spiro atoms. The van der Waals surface area contributed by atoms with Gasteiger partial charge >= 0.3 is 0 Å². The van der Waals surface area contributed by atoms with Crippen molar-refractivity contribution in [2.24, 2.45) is 0 Å². The summed E-state index contributed by atoms with van der Waals surface area (Å²) < 4.78 is 14.5. The number of benzene rings is 1. The van der Waals surface area contributed by atoms with Gasteiger partial charge in [-0.1, -0.05) is 28.1 Å². The molecule has 0 bridgehead atoms. The maximum absolute atomic E-state index is 13.8. The predicted molar refractivity (Wildman–Crippen MR) is 74.9 cm³/mol. The van der Waals surface area contributed by atoms with E-state index in [2.05, 4.69) is 29.1 Å². The zero-order valence-corrected chi connectivity index (χ0v) is 11.6. The molecular weight excluding hydrogens is 297 g/mol. The number of nitrogens with zero attached hydrogens (tertiary/aromatic N) is 1. The lowest BCUT2D eigenvalue weighted by Crippen LogP contribution is -2.30. The van der Waals surface area contributed by atoms with Crippen molar-refractivity contribution in [1.29, 1.82) is 0 Å². The second kappa shape index (κ2) is 7.24. The van der Waals surface area contributed by atoms with Gasteiger partial charge in [0, 0.05) is 23.1 Å². The minimum absolute atomic E-state index is 0.350. The Bertz CT molecular complexity index is 437. The average molecular weight is 312 g/mol. The first kappa shape index (κ1) is 14.8. The fraction of sp³-hybridized carbons (Fsp3) is 0.214. The third kappa shape index (κ3) is 3.62. The first-order valence-corrected chi connectivity index (χ1v) is 6.29. The van der Waals surface area contributed by atoms with Crippen LogP contribution in [0.3, 0.4) is 0 Å². The number of hydrogen-bond donors (Lipinski definition) is 0. The molecule has 1 aromatic carbocycles. The summed E-state index contributed by atoms with van der Waals surface area (Å²) in [4.78, 5) is 13.1. The summed E-state index contributed by atoms with van der Waals surface area (Å²) >= 11 is 3.28. The topological polar surface area (TPSA) is 20.3 Å². The lowest BCUT2D eigenvalue weighted by Gasteiger charge is -2.26. The molecule has 1 rings (SSSR count). The SMILES string of the molecule is C=CCN(CC=C)C(C=O)c1cc(Br)ccc1F. The molecule has 96 valence electrons. The highest BCUT2D eigenvalue weighted by Crippen LogP contribution is 2.25. The van der Waals surface area contributed by atoms with E-state index in [1.165, 1.54) is 6.07 Å². The fourth-order valence-electron chi connectivity index (χ4n) is 1.73. The van der Waals surface area contributed by atoms with Crippen LogP contribution < -0.4 is 0 Å². The summed E-state index contributed by atoms with van der Waals surface area (Å²) in [5, 5.41) is 0. The van der Waals surface area contributed by atoms with Gasteiger partial charge in [0.25, 0.3) is 0 Å². The molecule has 0 aromatic heterocycles. The van der Waals surface area contributed by atoms with E-state index in [4.69, 9.17) is 0 Å². The van der Waals surface area contributed by atoms with Crippen LogP contribution in [0.15, 0.2) is 48.0 Å². The summed E-state index contributed by atoms with van der Waals surface area (Å²) in [6, 6.07) is 3.92. The summed E-state index contributed by atoms with van der Waals surface area (Å²) in [5.74, 6) is -0.395. The summed E-state index contributed by atoms with van der Waals surface area (Å²) in [6.07, 6.45) is 4.09. The van der Waals surface area contributed by atoms with Gasteiger partial charge in [-0.2, -0.15) is 0 Å². The molecule has 4 heteroatoms. The molecule has 0 amide bonds. The van der Waals surface area contributed by atoms with Crippen molar-refractivity contribution in [3.8, 4) is 0 Å². The highest BCUT2D eigenvalue weighted by molar-refractivity contribution is 9.10. The van der Waals surface area contributed by atoms with E-state index in [1.807, 2.05) is 0 Å². The quantitative estimate of drug-likeness (QED) is 0.567. The molecular formula is C14H15BrFNO. The van der Waals surface area contributed by atoms with Gasteiger partial charge in [-0.15, -0.1) is 13.2 Å². The van der Waals surface area contributed by atoms with Gasteiger partial charge < -0.3 is 4.79 Å². The average Bonchev–Trinajstić information content (AvgIpc) is 2.35. The Hall–Kier alpha value is -1.26. The highest BCUT2D eigenvalue weighted by Gasteiger charge is 2.21. The van der Waals surface area contributed by atoms with E-state index in [1.54, 1.807) is 29.2 Å². The van der Waals surface area contributed by atoms with E-state index in [-0.39, 0.29) is 0 Å². The summed E-state index contributed by atoms with van der Waals surface area (Å²) in [7, 11) is 0. The second-order valence-corrected chi connectivity index (χ2v) is 4.69. The molecule has 0 aliphatic heterocycles. The largest absolute Gasteiger partial charge is 0.301 e. The number of aldehydes is 1. The van der Waals surface area contributed by atoms with E-state index in [0.29, 0.717) is 18.7 Å². The number of halogens is 2. The first-order valence-electron chi connectivity index (χ1n) is 5.50. The van der Waals surface area contributed by atoms with Gasteiger partial charge in [0.05, 0.1) is 6.04 Å². The molecule has 0 N–H and O–H groups in total. The minimum Gasteiger partial charge on any atom is -0.301 e. The van der Waals surface area contributed by atoms with Crippen LogP contribution in [0.5, 0.6) is 0 Å². The molecule has 0 saturated carbocycles. The van der Waals surface area contributed by atoms with Crippen molar-refractivity contribution in [2.75, 3.05) is 13.1 Å². The standard InChI is InChI=1S/C14H15BrFNO/c1-3-7-17(8-4-2)14(10-18)12-9-11(15)5-6-13(12)16/h3-6,9-10,14H,1-2,7-8H2. The Kier molecular flexibility index (Phi) is 5.95. The van der Waals surface area contributed by atoms with E-state index >= 15 is 0 Å². The molecule has 18 heavy (non-hydrogen) atoms. The molecule has 0 aliphatic rings. The van der Waals surface area contributed by atoms with Crippen molar-refractivity contribution in [1.82, 2.24) is 4.90 Å². The zero-order chi connectivity index (χ0) is 13.5. The molecule has 0 heterocycles. The smallest absolute Gasteiger partial charge is 0.141 e. The van der Waals surface area contributed by atoms with Crippen LogP contribution in [0.2, 0.25) is 0 Å². The molecule has 0 aliphatic carbocycles. The van der Waals surface area contributed by atoms with Crippen molar-refractivity contribution >= 4 is 22.2 Å². The maximum Gasteiger partial charge on any atom is 0.141 e. The molecule has 0 radical (unpaired) electrons. The zero-order valence-electron chi connectivity index (χ0n) is 9.98. The molecule has 1 atom stereocenters. The fourth-order valence-corrected chi connectivity index (χ4v) is 2.11. The van der Waals surface area contributed by atoms with Crippen molar-refractivity contribution in [2.45, 2.75) is 6.04 Å². The Morgan fingerprint density at radius 3 is 2.44 bits per heavy atom. The van der Waals surface area contributed by atoms with Crippen LogP contribution in [-0.2, 0) is 4.79 Å². The summed E-state index contributed by atoms with van der Waals surface area (Å²) in [5.41, 5.74) is 0.350. The first-order chi connectivity index (χ1) is 8.63. The third-order valence-corrected chi connectivity index (χ3v) is 3.02. The molecule has 1 aromatic rings. The highest BCUT2D eigenvalue weighted by atomic mass is 79.9. The molecule has 1 unspecified atom stereocenters. The van der Waals surface area contributed by atoms with Crippen molar-refractivity contribution in [3.05, 3.63) is 59.4 Å². The van der Waals surface area contributed by atoms with Crippen LogP contribution in [0.1, 0.15) is 11.6 Å². The normalized spacial score (nSPS) is 12.2. The number of carbonyl (C=O) groups excluding carboxylic acids is 1. The van der Waals surface area contributed by atoms with Crippen molar-refractivity contribution < 1.29 is 9.18 Å². The monoisotopic (exact) mass is 311 g/mol. The molecule has 0 fully saturated rings. The van der Waals surface area contributed by atoms with Crippen LogP contribution in [0, 0.1) is 5.82 Å². The third-order valence-electron chi connectivity index (χ3n) is 2.53. The second-order valence-electron chi connectivity index (χ2n) is 3.78.